The Kier molecular flexibility index (Phi) is 3.50. The van der Waals surface area contributed by atoms with Crippen LogP contribution in [-0.4, -0.2) is 24.5 Å². The van der Waals surface area contributed by atoms with Crippen LogP contribution in [0.1, 0.15) is 32.2 Å². The van der Waals surface area contributed by atoms with Crippen LogP contribution in [0.3, 0.4) is 0 Å². The molecule has 0 radical (unpaired) electrons. The summed E-state index contributed by atoms with van der Waals surface area (Å²) in [5.41, 5.74) is 1.40. The van der Waals surface area contributed by atoms with Crippen molar-refractivity contribution < 1.29 is 18.3 Å². The van der Waals surface area contributed by atoms with Crippen LogP contribution >= 0.6 is 22.7 Å². The molecule has 0 spiro atoms. The van der Waals surface area contributed by atoms with Gasteiger partial charge in [-0.15, -0.1) is 22.7 Å². The Bertz CT molecular complexity index is 798. The van der Waals surface area contributed by atoms with Gasteiger partial charge in [0.05, 0.1) is 5.69 Å². The minimum atomic E-state index is -3.78. The number of anilines is 1. The third kappa shape index (κ3) is 2.68. The minimum Gasteiger partial charge on any atom is -0.477 e. The second kappa shape index (κ2) is 5.08. The van der Waals surface area contributed by atoms with Crippen LogP contribution in [0.5, 0.6) is 0 Å². The number of nitrogens with zero attached hydrogens (tertiary/aromatic N) is 1. The van der Waals surface area contributed by atoms with Crippen molar-refractivity contribution in [1.29, 1.82) is 0 Å². The van der Waals surface area contributed by atoms with E-state index in [2.05, 4.69) is 9.71 Å². The van der Waals surface area contributed by atoms with Crippen molar-refractivity contribution in [2.75, 3.05) is 4.72 Å². The van der Waals surface area contributed by atoms with E-state index in [1.165, 1.54) is 17.4 Å². The molecule has 0 amide bonds. The standard InChI is InChI=1S/C12H12N2O4S3/c1-6-5-9(20-10(6)11(15)16)21(17,18)14-12-13-7-3-2-4-8(7)19-12/h5H,2-4H2,1H3,(H,13,14)(H,15,16). The predicted molar refractivity (Wildman–Crippen MR) is 81.0 cm³/mol. The highest BCUT2D eigenvalue weighted by Crippen LogP contribution is 2.33. The van der Waals surface area contributed by atoms with Gasteiger partial charge in [-0.3, -0.25) is 4.72 Å². The average Bonchev–Trinajstić information content (AvgIpc) is 3.02. The molecule has 0 fully saturated rings. The van der Waals surface area contributed by atoms with Gasteiger partial charge in [-0.1, -0.05) is 0 Å². The largest absolute Gasteiger partial charge is 0.477 e. The number of hydrogen-bond acceptors (Lipinski definition) is 6. The molecule has 2 heterocycles. The first-order chi connectivity index (χ1) is 9.87. The number of carboxylic acids is 1. The number of sulfonamides is 1. The molecule has 9 heteroatoms. The van der Waals surface area contributed by atoms with Crippen LogP contribution in [-0.2, 0) is 22.9 Å². The minimum absolute atomic E-state index is 0.00670. The first-order valence-corrected chi connectivity index (χ1v) is 9.33. The van der Waals surface area contributed by atoms with Crippen LogP contribution in [0.4, 0.5) is 5.13 Å². The molecule has 0 unspecified atom stereocenters. The molecule has 0 saturated heterocycles. The fourth-order valence-corrected chi connectivity index (χ4v) is 5.86. The Morgan fingerprint density at radius 1 is 1.38 bits per heavy atom. The molecule has 2 N–H and O–H groups in total. The molecule has 6 nitrogen and oxygen atoms in total. The van der Waals surface area contributed by atoms with Crippen molar-refractivity contribution >= 4 is 43.8 Å². The van der Waals surface area contributed by atoms with Gasteiger partial charge in [0.1, 0.15) is 9.09 Å². The van der Waals surface area contributed by atoms with E-state index in [0.717, 1.165) is 41.2 Å². The fraction of sp³-hybridized carbons (Fsp3) is 0.333. The molecule has 2 aromatic heterocycles. The fourth-order valence-electron chi connectivity index (χ4n) is 2.20. The van der Waals surface area contributed by atoms with Crippen LogP contribution in [0.25, 0.3) is 0 Å². The molecular formula is C12H12N2O4S3. The molecule has 1 aliphatic carbocycles. The molecule has 0 saturated carbocycles. The number of aryl methyl sites for hydroxylation is 3. The Morgan fingerprint density at radius 2 is 2.14 bits per heavy atom. The van der Waals surface area contributed by atoms with Gasteiger partial charge < -0.3 is 5.11 Å². The number of nitrogens with one attached hydrogen (secondary N) is 1. The van der Waals surface area contributed by atoms with E-state index in [1.54, 1.807) is 6.92 Å². The first kappa shape index (κ1) is 14.5. The van der Waals surface area contributed by atoms with Gasteiger partial charge >= 0.3 is 5.97 Å². The zero-order valence-corrected chi connectivity index (χ0v) is 13.5. The molecule has 0 atom stereocenters. The zero-order valence-electron chi connectivity index (χ0n) is 11.0. The van der Waals surface area contributed by atoms with E-state index in [4.69, 9.17) is 5.11 Å². The highest BCUT2D eigenvalue weighted by molar-refractivity contribution is 7.94. The Morgan fingerprint density at radius 3 is 2.76 bits per heavy atom. The summed E-state index contributed by atoms with van der Waals surface area (Å²) in [5, 5.41) is 9.35. The average molecular weight is 344 g/mol. The number of rotatable bonds is 4. The lowest BCUT2D eigenvalue weighted by atomic mass is 10.3. The van der Waals surface area contributed by atoms with Gasteiger partial charge in [0.15, 0.2) is 5.13 Å². The third-order valence-electron chi connectivity index (χ3n) is 3.17. The van der Waals surface area contributed by atoms with Crippen LogP contribution in [0.2, 0.25) is 0 Å². The molecule has 3 rings (SSSR count). The highest BCUT2D eigenvalue weighted by Gasteiger charge is 2.24. The SMILES string of the molecule is Cc1cc(S(=O)(=O)Nc2nc3c(s2)CCC3)sc1C(=O)O. The van der Waals surface area contributed by atoms with Crippen LogP contribution in [0, 0.1) is 6.92 Å². The van der Waals surface area contributed by atoms with Crippen molar-refractivity contribution in [3.05, 3.63) is 27.1 Å². The highest BCUT2D eigenvalue weighted by atomic mass is 32.2. The van der Waals surface area contributed by atoms with Gasteiger partial charge in [-0.25, -0.2) is 18.2 Å². The Hall–Kier alpha value is -1.45. The van der Waals surface area contributed by atoms with Crippen LogP contribution in [0.15, 0.2) is 10.3 Å². The van der Waals surface area contributed by atoms with Gasteiger partial charge in [0.25, 0.3) is 10.0 Å². The quantitative estimate of drug-likeness (QED) is 0.888. The van der Waals surface area contributed by atoms with E-state index in [0.29, 0.717) is 10.7 Å². The number of aromatic nitrogens is 1. The second-order valence-corrected chi connectivity index (χ2v) is 8.78. The third-order valence-corrected chi connectivity index (χ3v) is 7.41. The maximum atomic E-state index is 12.3. The van der Waals surface area contributed by atoms with E-state index in [9.17, 15) is 13.2 Å². The maximum Gasteiger partial charge on any atom is 0.346 e. The summed E-state index contributed by atoms with van der Waals surface area (Å²) >= 11 is 2.10. The number of thiophene rings is 1. The molecule has 1 aliphatic rings. The lowest BCUT2D eigenvalue weighted by Crippen LogP contribution is -2.11. The monoisotopic (exact) mass is 344 g/mol. The van der Waals surface area contributed by atoms with Crippen LogP contribution < -0.4 is 4.72 Å². The number of carboxylic acid groups (broad SMARTS) is 1. The second-order valence-electron chi connectivity index (χ2n) is 4.73. The van der Waals surface area contributed by atoms with Gasteiger partial charge in [-0.05, 0) is 37.8 Å². The summed E-state index contributed by atoms with van der Waals surface area (Å²) in [7, 11) is -3.78. The lowest BCUT2D eigenvalue weighted by molar-refractivity contribution is 0.0701. The van der Waals surface area contributed by atoms with Gasteiger partial charge in [0, 0.05) is 4.88 Å². The molecule has 21 heavy (non-hydrogen) atoms. The number of thiazole rings is 1. The summed E-state index contributed by atoms with van der Waals surface area (Å²) in [4.78, 5) is 16.4. The summed E-state index contributed by atoms with van der Waals surface area (Å²) in [6, 6.07) is 1.37. The topological polar surface area (TPSA) is 96.4 Å². The normalized spacial score (nSPS) is 14.1. The number of hydrogen-bond donors (Lipinski definition) is 2. The maximum absolute atomic E-state index is 12.3. The number of fused-ring (bicyclic) bond motifs is 1. The van der Waals surface area contributed by atoms with Crippen molar-refractivity contribution in [3.63, 3.8) is 0 Å². The van der Waals surface area contributed by atoms with Crippen molar-refractivity contribution in [2.24, 2.45) is 0 Å². The molecule has 112 valence electrons. The molecule has 0 bridgehead atoms. The van der Waals surface area contributed by atoms with E-state index < -0.39 is 16.0 Å². The first-order valence-electron chi connectivity index (χ1n) is 6.22. The van der Waals surface area contributed by atoms with E-state index >= 15 is 0 Å². The Labute approximate surface area is 129 Å². The molecular weight excluding hydrogens is 332 g/mol. The lowest BCUT2D eigenvalue weighted by Gasteiger charge is -2.01. The predicted octanol–water partition coefficient (Wildman–Crippen LogP) is 2.50. The summed E-state index contributed by atoms with van der Waals surface area (Å²) in [5.74, 6) is -1.12. The molecule has 2 aromatic rings. The molecule has 0 aliphatic heterocycles. The summed E-state index contributed by atoms with van der Waals surface area (Å²) in [6.45, 7) is 1.58. The smallest absolute Gasteiger partial charge is 0.346 e. The number of carbonyl (C=O) groups is 1. The summed E-state index contributed by atoms with van der Waals surface area (Å²) < 4.78 is 27.0. The molecule has 0 aromatic carbocycles. The zero-order chi connectivity index (χ0) is 15.2. The summed E-state index contributed by atoms with van der Waals surface area (Å²) in [6.07, 6.45) is 2.89. The van der Waals surface area contributed by atoms with Gasteiger partial charge in [-0.2, -0.15) is 0 Å². The Balaban J connectivity index is 1.89. The van der Waals surface area contributed by atoms with Gasteiger partial charge in [0.2, 0.25) is 0 Å². The number of aromatic carboxylic acids is 1. The van der Waals surface area contributed by atoms with E-state index in [1.807, 2.05) is 0 Å². The van der Waals surface area contributed by atoms with E-state index in [-0.39, 0.29) is 9.09 Å². The van der Waals surface area contributed by atoms with Crippen molar-refractivity contribution in [1.82, 2.24) is 4.98 Å². The van der Waals surface area contributed by atoms with Crippen molar-refractivity contribution in [2.45, 2.75) is 30.4 Å². The van der Waals surface area contributed by atoms with Crippen molar-refractivity contribution in [3.8, 4) is 0 Å².